The third-order valence-electron chi connectivity index (χ3n) is 4.19. The summed E-state index contributed by atoms with van der Waals surface area (Å²) in [6.07, 6.45) is 1.29. The maximum Gasteiger partial charge on any atom is 0.246 e. The summed E-state index contributed by atoms with van der Waals surface area (Å²) in [5.74, 6) is 0.327. The molecule has 28 heavy (non-hydrogen) atoms. The average molecular weight is 421 g/mol. The Morgan fingerprint density at radius 1 is 1.18 bits per heavy atom. The van der Waals surface area contributed by atoms with Crippen LogP contribution in [0, 0.1) is 0 Å². The lowest BCUT2D eigenvalue weighted by molar-refractivity contribution is -0.125. The largest absolute Gasteiger partial charge is 0.399 e. The van der Waals surface area contributed by atoms with Crippen LogP contribution in [0.3, 0.4) is 0 Å². The first-order valence-electron chi connectivity index (χ1n) is 8.74. The van der Waals surface area contributed by atoms with Crippen molar-refractivity contribution in [3.05, 3.63) is 59.1 Å². The van der Waals surface area contributed by atoms with E-state index in [2.05, 4.69) is 20.7 Å². The maximum absolute atomic E-state index is 12.5. The Labute approximate surface area is 174 Å². The highest BCUT2D eigenvalue weighted by atomic mass is 35.5. The summed E-state index contributed by atoms with van der Waals surface area (Å²) in [6, 6.07) is 14.3. The molecule has 0 radical (unpaired) electrons. The molecule has 1 unspecified atom stereocenters. The molecule has 3 N–H and O–H groups in total. The van der Waals surface area contributed by atoms with Crippen molar-refractivity contribution < 1.29 is 4.79 Å². The van der Waals surface area contributed by atoms with Gasteiger partial charge in [0.25, 0.3) is 0 Å². The van der Waals surface area contributed by atoms with Crippen molar-refractivity contribution >= 4 is 35.6 Å². The minimum atomic E-state index is -0.509. The normalized spacial score (nSPS) is 11.5. The van der Waals surface area contributed by atoms with E-state index in [0.717, 1.165) is 23.2 Å². The molecule has 0 bridgehead atoms. The van der Waals surface area contributed by atoms with Crippen molar-refractivity contribution in [1.29, 1.82) is 0 Å². The van der Waals surface area contributed by atoms with E-state index in [9.17, 15) is 4.79 Å². The number of amides is 1. The van der Waals surface area contributed by atoms with E-state index in [4.69, 9.17) is 17.3 Å². The summed E-state index contributed by atoms with van der Waals surface area (Å²) in [4.78, 5) is 13.9. The van der Waals surface area contributed by atoms with Crippen LogP contribution in [-0.2, 0) is 11.2 Å². The zero-order valence-corrected chi connectivity index (χ0v) is 17.0. The van der Waals surface area contributed by atoms with Crippen molar-refractivity contribution in [1.82, 2.24) is 25.5 Å². The van der Waals surface area contributed by atoms with Gasteiger partial charge in [0.1, 0.15) is 0 Å². The van der Waals surface area contributed by atoms with E-state index in [0.29, 0.717) is 23.8 Å². The van der Waals surface area contributed by atoms with Gasteiger partial charge in [0.2, 0.25) is 11.7 Å². The molecule has 0 fully saturated rings. The number of hydrogen-bond donors (Lipinski definition) is 2. The Kier molecular flexibility index (Phi) is 7.78. The first kappa shape index (κ1) is 21.7. The van der Waals surface area contributed by atoms with E-state index < -0.39 is 6.04 Å². The van der Waals surface area contributed by atoms with Crippen LogP contribution < -0.4 is 11.1 Å². The number of nitrogen functional groups attached to an aromatic ring is 1. The Morgan fingerprint density at radius 2 is 1.86 bits per heavy atom. The van der Waals surface area contributed by atoms with E-state index in [1.165, 1.54) is 4.80 Å². The molecule has 3 rings (SSSR count). The van der Waals surface area contributed by atoms with Crippen molar-refractivity contribution in [2.75, 3.05) is 12.3 Å². The molecule has 9 heteroatoms. The molecular weight excluding hydrogens is 399 g/mol. The third-order valence-corrected chi connectivity index (χ3v) is 4.44. The molecule has 0 aliphatic heterocycles. The molecular formula is C19H22Cl2N6O. The number of benzene rings is 2. The lowest BCUT2D eigenvalue weighted by Crippen LogP contribution is -2.34. The Hall–Kier alpha value is -2.64. The lowest BCUT2D eigenvalue weighted by Gasteiger charge is -2.13. The fourth-order valence-corrected chi connectivity index (χ4v) is 2.78. The quantitative estimate of drug-likeness (QED) is 0.571. The standard InChI is InChI=1S/C19H21ClN6O.ClH/c1-2-17(19(27)22-12-11-13-3-9-16(21)10-4-13)26-24-18(23-25-26)14-5-7-15(20)8-6-14;/h3-10,17H,2,11-12,21H2,1H3,(H,22,27);1H. The number of aromatic nitrogens is 4. The zero-order valence-electron chi connectivity index (χ0n) is 15.4. The summed E-state index contributed by atoms with van der Waals surface area (Å²) in [7, 11) is 0. The van der Waals surface area contributed by atoms with Crippen LogP contribution >= 0.6 is 24.0 Å². The molecule has 148 valence electrons. The Balaban J connectivity index is 0.00000280. The van der Waals surface area contributed by atoms with Gasteiger partial charge in [0, 0.05) is 22.8 Å². The molecule has 1 amide bonds. The Morgan fingerprint density at radius 3 is 2.50 bits per heavy atom. The third kappa shape index (κ3) is 5.43. The molecule has 7 nitrogen and oxygen atoms in total. The van der Waals surface area contributed by atoms with Crippen LogP contribution in [0.25, 0.3) is 11.4 Å². The van der Waals surface area contributed by atoms with Gasteiger partial charge in [-0.15, -0.1) is 22.6 Å². The monoisotopic (exact) mass is 420 g/mol. The van der Waals surface area contributed by atoms with Crippen LogP contribution in [0.1, 0.15) is 24.9 Å². The highest BCUT2D eigenvalue weighted by Crippen LogP contribution is 2.18. The van der Waals surface area contributed by atoms with Gasteiger partial charge in [0.15, 0.2) is 6.04 Å². The minimum Gasteiger partial charge on any atom is -0.399 e. The molecule has 1 atom stereocenters. The highest BCUT2D eigenvalue weighted by Gasteiger charge is 2.21. The molecule has 3 aromatic rings. The summed E-state index contributed by atoms with van der Waals surface area (Å²) >= 11 is 5.90. The van der Waals surface area contributed by atoms with Gasteiger partial charge in [-0.3, -0.25) is 4.79 Å². The van der Waals surface area contributed by atoms with Gasteiger partial charge in [-0.25, -0.2) is 0 Å². The molecule has 0 aliphatic carbocycles. The van der Waals surface area contributed by atoms with Crippen LogP contribution in [0.5, 0.6) is 0 Å². The zero-order chi connectivity index (χ0) is 19.2. The predicted molar refractivity (Wildman–Crippen MR) is 112 cm³/mol. The van der Waals surface area contributed by atoms with Crippen LogP contribution in [0.2, 0.25) is 5.02 Å². The number of nitrogens with one attached hydrogen (secondary N) is 1. The minimum absolute atomic E-state index is 0. The van der Waals surface area contributed by atoms with E-state index in [1.807, 2.05) is 43.3 Å². The number of anilines is 1. The highest BCUT2D eigenvalue weighted by molar-refractivity contribution is 6.30. The number of carbonyl (C=O) groups excluding carboxylic acids is 1. The molecule has 1 aromatic heterocycles. The second-order valence-corrected chi connectivity index (χ2v) is 6.58. The smallest absolute Gasteiger partial charge is 0.246 e. The second kappa shape index (κ2) is 10.1. The number of carbonyl (C=O) groups is 1. The lowest BCUT2D eigenvalue weighted by atomic mass is 10.1. The van der Waals surface area contributed by atoms with Gasteiger partial charge in [0.05, 0.1) is 0 Å². The SMILES string of the molecule is CCC(C(=O)NCCc1ccc(N)cc1)n1nnc(-c2ccc(Cl)cc2)n1.Cl. The van der Waals surface area contributed by atoms with Crippen LogP contribution in [-0.4, -0.2) is 32.7 Å². The predicted octanol–water partition coefficient (Wildman–Crippen LogP) is 3.31. The van der Waals surface area contributed by atoms with E-state index in [-0.39, 0.29) is 18.3 Å². The maximum atomic E-state index is 12.5. The molecule has 1 heterocycles. The summed E-state index contributed by atoms with van der Waals surface area (Å²) < 4.78 is 0. The first-order chi connectivity index (χ1) is 13.1. The fraction of sp³-hybridized carbons (Fsp3) is 0.263. The Bertz CT molecular complexity index is 896. The van der Waals surface area contributed by atoms with Gasteiger partial charge in [-0.1, -0.05) is 30.7 Å². The van der Waals surface area contributed by atoms with Crippen molar-refractivity contribution in [3.8, 4) is 11.4 Å². The second-order valence-electron chi connectivity index (χ2n) is 6.15. The average Bonchev–Trinajstić information content (AvgIpc) is 3.14. The first-order valence-corrected chi connectivity index (χ1v) is 9.12. The van der Waals surface area contributed by atoms with Crippen molar-refractivity contribution in [3.63, 3.8) is 0 Å². The number of hydrogen-bond acceptors (Lipinski definition) is 5. The topological polar surface area (TPSA) is 98.7 Å². The number of nitrogens with zero attached hydrogens (tertiary/aromatic N) is 4. The van der Waals surface area contributed by atoms with E-state index >= 15 is 0 Å². The molecule has 0 aliphatic rings. The molecule has 2 aromatic carbocycles. The van der Waals surface area contributed by atoms with Gasteiger partial charge in [-0.05, 0) is 60.0 Å². The summed E-state index contributed by atoms with van der Waals surface area (Å²) in [6.45, 7) is 2.44. The molecule has 0 saturated heterocycles. The van der Waals surface area contributed by atoms with Crippen molar-refractivity contribution in [2.24, 2.45) is 0 Å². The van der Waals surface area contributed by atoms with Crippen LogP contribution in [0.4, 0.5) is 5.69 Å². The number of tetrazole rings is 1. The number of rotatable bonds is 7. The van der Waals surface area contributed by atoms with Crippen LogP contribution in [0.15, 0.2) is 48.5 Å². The number of halogens is 2. The fourth-order valence-electron chi connectivity index (χ4n) is 2.66. The van der Waals surface area contributed by atoms with Gasteiger partial charge in [-0.2, -0.15) is 4.80 Å². The van der Waals surface area contributed by atoms with Gasteiger partial charge < -0.3 is 11.1 Å². The molecule has 0 saturated carbocycles. The van der Waals surface area contributed by atoms with Crippen molar-refractivity contribution in [2.45, 2.75) is 25.8 Å². The summed E-state index contributed by atoms with van der Waals surface area (Å²) in [5, 5.41) is 16.0. The number of nitrogens with two attached hydrogens (primary N) is 1. The molecule has 0 spiro atoms. The van der Waals surface area contributed by atoms with E-state index in [1.54, 1.807) is 12.1 Å². The van der Waals surface area contributed by atoms with Gasteiger partial charge >= 0.3 is 0 Å². The summed E-state index contributed by atoms with van der Waals surface area (Å²) in [5.41, 5.74) is 8.31.